The molecule has 0 radical (unpaired) electrons. The summed E-state index contributed by atoms with van der Waals surface area (Å²) in [7, 11) is 0. The predicted molar refractivity (Wildman–Crippen MR) is 62.7 cm³/mol. The van der Waals surface area contributed by atoms with Gasteiger partial charge in [-0.05, 0) is 12.1 Å². The molecule has 0 atom stereocenters. The lowest BCUT2D eigenvalue weighted by atomic mass is 10.3. The smallest absolute Gasteiger partial charge is 0.231 e. The molecule has 2 heterocycles. The summed E-state index contributed by atoms with van der Waals surface area (Å²) in [4.78, 5) is 0. The van der Waals surface area contributed by atoms with Crippen LogP contribution in [0.5, 0.6) is 17.2 Å². The van der Waals surface area contributed by atoms with Crippen molar-refractivity contribution in [1.82, 2.24) is 5.16 Å². The highest BCUT2D eigenvalue weighted by Crippen LogP contribution is 2.35. The van der Waals surface area contributed by atoms with E-state index in [1.54, 1.807) is 12.1 Å². The third-order valence-electron chi connectivity index (χ3n) is 2.55. The number of anilines is 1. The van der Waals surface area contributed by atoms with Crippen molar-refractivity contribution >= 4 is 5.88 Å². The van der Waals surface area contributed by atoms with Gasteiger partial charge in [0.2, 0.25) is 12.7 Å². The molecule has 0 amide bonds. The molecule has 1 aliphatic rings. The summed E-state index contributed by atoms with van der Waals surface area (Å²) in [6, 6.07) is 7.15. The summed E-state index contributed by atoms with van der Waals surface area (Å²) in [5, 5.41) is 3.78. The van der Waals surface area contributed by atoms with Gasteiger partial charge in [-0.1, -0.05) is 5.16 Å². The molecule has 2 N–H and O–H groups in total. The molecule has 2 aromatic rings. The molecule has 1 aromatic carbocycles. The molecule has 6 nitrogen and oxygen atoms in total. The van der Waals surface area contributed by atoms with Gasteiger partial charge in [0.25, 0.3) is 0 Å². The van der Waals surface area contributed by atoms with E-state index in [1.165, 1.54) is 0 Å². The minimum atomic E-state index is 0.261. The van der Waals surface area contributed by atoms with Crippen LogP contribution in [-0.2, 0) is 6.42 Å². The molecule has 1 aromatic heterocycles. The summed E-state index contributed by atoms with van der Waals surface area (Å²) in [6.07, 6.45) is 0.634. The van der Waals surface area contributed by atoms with E-state index in [9.17, 15) is 0 Å². The zero-order valence-corrected chi connectivity index (χ0v) is 9.59. The largest absolute Gasteiger partial charge is 0.493 e. The number of hydrogen-bond acceptors (Lipinski definition) is 6. The summed E-state index contributed by atoms with van der Waals surface area (Å²) < 4.78 is 20.8. The highest BCUT2D eigenvalue weighted by Gasteiger charge is 2.13. The molecule has 0 spiro atoms. The first-order valence-corrected chi connectivity index (χ1v) is 5.55. The van der Waals surface area contributed by atoms with E-state index in [2.05, 4.69) is 5.16 Å². The fourth-order valence-electron chi connectivity index (χ4n) is 1.69. The van der Waals surface area contributed by atoms with Crippen LogP contribution in [0.2, 0.25) is 0 Å². The van der Waals surface area contributed by atoms with Crippen LogP contribution in [0.25, 0.3) is 0 Å². The van der Waals surface area contributed by atoms with Gasteiger partial charge in [0.05, 0.1) is 12.3 Å². The normalized spacial score (nSPS) is 12.7. The average molecular weight is 248 g/mol. The second-order valence-corrected chi connectivity index (χ2v) is 3.83. The molecule has 0 bridgehead atoms. The van der Waals surface area contributed by atoms with Crippen LogP contribution in [0.4, 0.5) is 5.88 Å². The highest BCUT2D eigenvalue weighted by molar-refractivity contribution is 5.46. The molecule has 1 aliphatic heterocycles. The van der Waals surface area contributed by atoms with Crippen molar-refractivity contribution in [2.24, 2.45) is 0 Å². The summed E-state index contributed by atoms with van der Waals surface area (Å²) >= 11 is 0. The lowest BCUT2D eigenvalue weighted by molar-refractivity contribution is 0.173. The van der Waals surface area contributed by atoms with E-state index in [-0.39, 0.29) is 6.79 Å². The third kappa shape index (κ3) is 2.17. The zero-order chi connectivity index (χ0) is 12.4. The van der Waals surface area contributed by atoms with Gasteiger partial charge in [-0.3, -0.25) is 0 Å². The van der Waals surface area contributed by atoms with Crippen LogP contribution in [-0.4, -0.2) is 18.6 Å². The van der Waals surface area contributed by atoms with Crippen LogP contribution in [0.3, 0.4) is 0 Å². The van der Waals surface area contributed by atoms with Crippen molar-refractivity contribution < 1.29 is 18.7 Å². The molecule has 0 fully saturated rings. The first kappa shape index (κ1) is 10.8. The lowest BCUT2D eigenvalue weighted by Crippen LogP contribution is -2.01. The number of rotatable bonds is 4. The molecule has 0 saturated heterocycles. The number of nitrogens with two attached hydrogens (primary N) is 1. The Bertz CT molecular complexity index is 553. The van der Waals surface area contributed by atoms with Crippen LogP contribution in [0.15, 0.2) is 28.8 Å². The zero-order valence-electron chi connectivity index (χ0n) is 9.59. The number of fused-ring (bicyclic) bond motifs is 1. The quantitative estimate of drug-likeness (QED) is 0.885. The predicted octanol–water partition coefficient (Wildman–Crippen LogP) is 1.61. The van der Waals surface area contributed by atoms with Gasteiger partial charge < -0.3 is 24.5 Å². The second kappa shape index (κ2) is 4.48. The van der Waals surface area contributed by atoms with Crippen molar-refractivity contribution in [3.63, 3.8) is 0 Å². The first-order chi connectivity index (χ1) is 8.81. The van der Waals surface area contributed by atoms with Crippen molar-refractivity contribution in [2.45, 2.75) is 6.42 Å². The standard InChI is InChI=1S/C12H12N2O4/c13-12-5-8(14-18-12)3-4-15-9-1-2-10-11(6-9)17-7-16-10/h1-2,5-6H,3-4,7,13H2. The molecular formula is C12H12N2O4. The molecule has 18 heavy (non-hydrogen) atoms. The molecule has 6 heteroatoms. The van der Waals surface area contributed by atoms with Crippen LogP contribution in [0, 0.1) is 0 Å². The van der Waals surface area contributed by atoms with E-state index in [0.29, 0.717) is 24.7 Å². The van der Waals surface area contributed by atoms with E-state index >= 15 is 0 Å². The van der Waals surface area contributed by atoms with Crippen molar-refractivity contribution in [1.29, 1.82) is 0 Å². The Labute approximate surface area is 103 Å². The molecule has 3 rings (SSSR count). The molecule has 94 valence electrons. The van der Waals surface area contributed by atoms with Gasteiger partial charge in [0.1, 0.15) is 5.75 Å². The van der Waals surface area contributed by atoms with Gasteiger partial charge in [-0.15, -0.1) is 0 Å². The monoisotopic (exact) mass is 248 g/mol. The SMILES string of the molecule is Nc1cc(CCOc2ccc3c(c2)OCO3)no1. The lowest BCUT2D eigenvalue weighted by Gasteiger charge is -2.05. The Morgan fingerprint density at radius 3 is 2.94 bits per heavy atom. The van der Waals surface area contributed by atoms with E-state index in [1.807, 2.05) is 12.1 Å². The van der Waals surface area contributed by atoms with Crippen molar-refractivity contribution in [3.05, 3.63) is 30.0 Å². The summed E-state index contributed by atoms with van der Waals surface area (Å²) in [5.74, 6) is 2.49. The first-order valence-electron chi connectivity index (χ1n) is 5.55. The van der Waals surface area contributed by atoms with Gasteiger partial charge in [0.15, 0.2) is 11.5 Å². The van der Waals surface area contributed by atoms with Crippen LogP contribution in [0.1, 0.15) is 5.69 Å². The van der Waals surface area contributed by atoms with Gasteiger partial charge in [-0.25, -0.2) is 0 Å². The van der Waals surface area contributed by atoms with Crippen molar-refractivity contribution in [2.75, 3.05) is 19.1 Å². The number of benzene rings is 1. The summed E-state index contributed by atoms with van der Waals surface area (Å²) in [5.41, 5.74) is 6.19. The van der Waals surface area contributed by atoms with Crippen molar-refractivity contribution in [3.8, 4) is 17.2 Å². The number of nitrogen functional groups attached to an aromatic ring is 1. The molecular weight excluding hydrogens is 236 g/mol. The number of ether oxygens (including phenoxy) is 3. The van der Waals surface area contributed by atoms with E-state index in [4.69, 9.17) is 24.5 Å². The summed E-state index contributed by atoms with van der Waals surface area (Å²) in [6.45, 7) is 0.753. The minimum absolute atomic E-state index is 0.261. The Balaban J connectivity index is 1.57. The maximum Gasteiger partial charge on any atom is 0.231 e. The Kier molecular flexibility index (Phi) is 2.68. The Morgan fingerprint density at radius 1 is 1.22 bits per heavy atom. The van der Waals surface area contributed by atoms with E-state index in [0.717, 1.165) is 17.2 Å². The van der Waals surface area contributed by atoms with E-state index < -0.39 is 0 Å². The molecule has 0 aliphatic carbocycles. The van der Waals surface area contributed by atoms with Gasteiger partial charge >= 0.3 is 0 Å². The topological polar surface area (TPSA) is 79.7 Å². The van der Waals surface area contributed by atoms with Gasteiger partial charge in [0, 0.05) is 18.6 Å². The highest BCUT2D eigenvalue weighted by atomic mass is 16.7. The fraction of sp³-hybridized carbons (Fsp3) is 0.250. The number of nitrogens with zero attached hydrogens (tertiary/aromatic N) is 1. The molecule has 0 saturated carbocycles. The Morgan fingerprint density at radius 2 is 2.11 bits per heavy atom. The fourth-order valence-corrected chi connectivity index (χ4v) is 1.69. The number of hydrogen-bond donors (Lipinski definition) is 1. The minimum Gasteiger partial charge on any atom is -0.493 e. The van der Waals surface area contributed by atoms with Crippen LogP contribution >= 0.6 is 0 Å². The third-order valence-corrected chi connectivity index (χ3v) is 2.55. The maximum absolute atomic E-state index is 5.59. The second-order valence-electron chi connectivity index (χ2n) is 3.83. The maximum atomic E-state index is 5.59. The average Bonchev–Trinajstić information content (AvgIpc) is 2.97. The van der Waals surface area contributed by atoms with Crippen LogP contribution < -0.4 is 19.9 Å². The number of aromatic nitrogens is 1. The Hall–Kier alpha value is -2.37. The molecule has 0 unspecified atom stereocenters. The van der Waals surface area contributed by atoms with Gasteiger partial charge in [-0.2, -0.15) is 0 Å².